The first-order valence-electron chi connectivity index (χ1n) is 11.4. The number of benzene rings is 3. The van der Waals surface area contributed by atoms with Crippen LogP contribution in [0.1, 0.15) is 29.5 Å². The largest absolute Gasteiger partial charge is 0.393 e. The van der Waals surface area contributed by atoms with Crippen molar-refractivity contribution in [1.29, 1.82) is 0 Å². The van der Waals surface area contributed by atoms with Gasteiger partial charge in [0.1, 0.15) is 5.69 Å². The number of nitrogens with two attached hydrogens (primary N) is 1. The minimum Gasteiger partial charge on any atom is -0.393 e. The lowest BCUT2D eigenvalue weighted by atomic mass is 9.99. The highest BCUT2D eigenvalue weighted by molar-refractivity contribution is 6.38. The average Bonchev–Trinajstić information content (AvgIpc) is 3.45. The molecule has 0 unspecified atom stereocenters. The summed E-state index contributed by atoms with van der Waals surface area (Å²) in [4.78, 5) is 26.5. The predicted molar refractivity (Wildman–Crippen MR) is 139 cm³/mol. The number of nitrogen functional groups attached to an aromatic ring is 1. The second-order valence-corrected chi connectivity index (χ2v) is 9.17. The molecular formula is C26H24ClN5O3. The maximum atomic E-state index is 13.1. The van der Waals surface area contributed by atoms with Crippen LogP contribution >= 0.6 is 11.6 Å². The van der Waals surface area contributed by atoms with Crippen molar-refractivity contribution in [2.45, 2.75) is 19.4 Å². The van der Waals surface area contributed by atoms with Crippen LogP contribution in [0.2, 0.25) is 5.02 Å². The molecule has 3 aromatic carbocycles. The van der Waals surface area contributed by atoms with Crippen LogP contribution < -0.4 is 16.4 Å². The van der Waals surface area contributed by atoms with Crippen LogP contribution in [0.5, 0.6) is 0 Å². The minimum absolute atomic E-state index is 0.0532. The molecule has 9 heteroatoms. The quantitative estimate of drug-likeness (QED) is 0.186. The lowest BCUT2D eigenvalue weighted by Crippen LogP contribution is -2.18. The van der Waals surface area contributed by atoms with Crippen molar-refractivity contribution in [1.82, 2.24) is 4.90 Å². The van der Waals surface area contributed by atoms with E-state index in [1.165, 1.54) is 30.5 Å². The van der Waals surface area contributed by atoms with Gasteiger partial charge < -0.3 is 16.4 Å². The van der Waals surface area contributed by atoms with E-state index >= 15 is 0 Å². The molecule has 1 amide bonds. The van der Waals surface area contributed by atoms with Crippen LogP contribution in [-0.4, -0.2) is 28.8 Å². The van der Waals surface area contributed by atoms with Gasteiger partial charge in [-0.3, -0.25) is 19.8 Å². The maximum Gasteiger partial charge on any atom is 0.292 e. The third-order valence-electron chi connectivity index (χ3n) is 6.32. The number of amides is 1. The predicted octanol–water partition coefficient (Wildman–Crippen LogP) is 5.36. The highest BCUT2D eigenvalue weighted by Gasteiger charge is 2.29. The fourth-order valence-corrected chi connectivity index (χ4v) is 4.74. The van der Waals surface area contributed by atoms with Crippen molar-refractivity contribution in [2.75, 3.05) is 29.5 Å². The number of likely N-dealkylation sites (tertiary alicyclic amines) is 1. The molecule has 0 saturated carbocycles. The zero-order valence-electron chi connectivity index (χ0n) is 18.9. The number of carbonyl (C=O) groups is 1. The highest BCUT2D eigenvalue weighted by Crippen LogP contribution is 2.39. The van der Waals surface area contributed by atoms with Gasteiger partial charge in [0.25, 0.3) is 11.6 Å². The lowest BCUT2D eigenvalue weighted by molar-refractivity contribution is -0.383. The molecule has 1 saturated heterocycles. The fraction of sp³-hybridized carbons (Fsp3) is 0.192. The molecular weight excluding hydrogens is 466 g/mol. The molecule has 1 fully saturated rings. The molecule has 178 valence electrons. The molecule has 0 radical (unpaired) electrons. The number of carbonyl (C=O) groups excluding carboxylic acids is 1. The Morgan fingerprint density at radius 1 is 1.09 bits per heavy atom. The lowest BCUT2D eigenvalue weighted by Gasteiger charge is -2.17. The number of hydrogen-bond acceptors (Lipinski definition) is 6. The van der Waals surface area contributed by atoms with Crippen LogP contribution in [0.4, 0.5) is 22.7 Å². The van der Waals surface area contributed by atoms with Crippen LogP contribution in [0.25, 0.3) is 11.3 Å². The molecule has 0 spiro atoms. The van der Waals surface area contributed by atoms with Gasteiger partial charge in [0.15, 0.2) is 0 Å². The fourth-order valence-electron chi connectivity index (χ4n) is 4.57. The summed E-state index contributed by atoms with van der Waals surface area (Å²) in [7, 11) is 0. The smallest absolute Gasteiger partial charge is 0.292 e. The molecule has 35 heavy (non-hydrogen) atoms. The van der Waals surface area contributed by atoms with E-state index in [0.717, 1.165) is 25.3 Å². The number of nitrogens with one attached hydrogen (secondary N) is 2. The van der Waals surface area contributed by atoms with Crippen molar-refractivity contribution < 1.29 is 9.72 Å². The third kappa shape index (κ3) is 4.71. The second-order valence-electron chi connectivity index (χ2n) is 8.73. The summed E-state index contributed by atoms with van der Waals surface area (Å²) in [6, 6.07) is 17.7. The number of rotatable bonds is 6. The maximum absolute atomic E-state index is 13.1. The van der Waals surface area contributed by atoms with Crippen molar-refractivity contribution in [3.63, 3.8) is 0 Å². The van der Waals surface area contributed by atoms with Gasteiger partial charge in [0.05, 0.1) is 21.9 Å². The third-order valence-corrected chi connectivity index (χ3v) is 6.56. The Kier molecular flexibility index (Phi) is 6.15. The van der Waals surface area contributed by atoms with E-state index in [1.54, 1.807) is 24.3 Å². The van der Waals surface area contributed by atoms with E-state index in [2.05, 4.69) is 27.7 Å². The number of nitrogens with zero attached hydrogens (tertiary/aromatic N) is 2. The number of fused-ring (bicyclic) bond motifs is 1. The minimum atomic E-state index is -0.531. The van der Waals surface area contributed by atoms with E-state index in [0.29, 0.717) is 33.1 Å². The Labute approximate surface area is 207 Å². The number of halogens is 1. The average molecular weight is 490 g/mol. The number of nitro benzene ring substituents is 1. The molecule has 2 aliphatic heterocycles. The Bertz CT molecular complexity index is 1350. The zero-order valence-corrected chi connectivity index (χ0v) is 19.6. The molecule has 4 N–H and O–H groups in total. The molecule has 0 atom stereocenters. The summed E-state index contributed by atoms with van der Waals surface area (Å²) in [5, 5.41) is 18.2. The summed E-state index contributed by atoms with van der Waals surface area (Å²) < 4.78 is 0. The first-order valence-corrected chi connectivity index (χ1v) is 11.7. The summed E-state index contributed by atoms with van der Waals surface area (Å²) in [5.41, 5.74) is 10.1. The summed E-state index contributed by atoms with van der Waals surface area (Å²) in [6.07, 6.45) is 2.47. The Morgan fingerprint density at radius 2 is 1.83 bits per heavy atom. The summed E-state index contributed by atoms with van der Waals surface area (Å²) >= 11 is 6.12. The molecule has 5 rings (SSSR count). The highest BCUT2D eigenvalue weighted by atomic mass is 35.5. The standard InChI is InChI=1S/C26H24ClN5O3/c27-18-6-9-20-22(14-18)30-26(33)24(20)25(17-5-10-21(28)23(13-17)32(34)35)29-19-7-3-16(4-8-19)15-31-11-1-2-12-31/h3-10,13-14,29H,1-2,11-12,15,28H2,(H,30,33). The number of nitro groups is 1. The zero-order chi connectivity index (χ0) is 24.5. The van der Waals surface area contributed by atoms with Crippen LogP contribution in [-0.2, 0) is 11.3 Å². The van der Waals surface area contributed by atoms with Gasteiger partial charge in [-0.25, -0.2) is 0 Å². The van der Waals surface area contributed by atoms with Gasteiger partial charge in [-0.15, -0.1) is 0 Å². The molecule has 2 aliphatic rings. The van der Waals surface area contributed by atoms with Crippen molar-refractivity contribution in [2.24, 2.45) is 0 Å². The van der Waals surface area contributed by atoms with Crippen LogP contribution in [0.3, 0.4) is 0 Å². The molecule has 8 nitrogen and oxygen atoms in total. The van der Waals surface area contributed by atoms with E-state index in [-0.39, 0.29) is 17.3 Å². The van der Waals surface area contributed by atoms with E-state index in [9.17, 15) is 14.9 Å². The Morgan fingerprint density at radius 3 is 2.54 bits per heavy atom. The molecule has 2 heterocycles. The van der Waals surface area contributed by atoms with Crippen molar-refractivity contribution in [3.05, 3.63) is 92.5 Å². The van der Waals surface area contributed by atoms with Crippen molar-refractivity contribution in [3.8, 4) is 0 Å². The van der Waals surface area contributed by atoms with Crippen LogP contribution in [0.15, 0.2) is 60.7 Å². The normalized spacial score (nSPS) is 16.7. The van der Waals surface area contributed by atoms with Gasteiger partial charge >= 0.3 is 0 Å². The first kappa shape index (κ1) is 22.9. The van der Waals surface area contributed by atoms with Gasteiger partial charge in [-0.2, -0.15) is 0 Å². The van der Waals surface area contributed by atoms with Crippen LogP contribution in [0, 0.1) is 10.1 Å². The topological polar surface area (TPSA) is 114 Å². The van der Waals surface area contributed by atoms with Gasteiger partial charge in [-0.05, 0) is 61.8 Å². The number of anilines is 3. The van der Waals surface area contributed by atoms with E-state index < -0.39 is 4.92 Å². The van der Waals surface area contributed by atoms with E-state index in [4.69, 9.17) is 17.3 Å². The Balaban J connectivity index is 1.56. The second kappa shape index (κ2) is 9.40. The first-order chi connectivity index (χ1) is 16.9. The number of hydrogen-bond donors (Lipinski definition) is 3. The van der Waals surface area contributed by atoms with Gasteiger partial charge in [-0.1, -0.05) is 35.9 Å². The molecule has 0 aliphatic carbocycles. The Hall–Kier alpha value is -3.88. The van der Waals surface area contributed by atoms with E-state index in [1.807, 2.05) is 12.1 Å². The summed E-state index contributed by atoms with van der Waals surface area (Å²) in [5.74, 6) is -0.324. The van der Waals surface area contributed by atoms with Gasteiger partial charge in [0, 0.05) is 34.4 Å². The molecule has 3 aromatic rings. The monoisotopic (exact) mass is 489 g/mol. The SMILES string of the molecule is Nc1ccc(C(Nc2ccc(CN3CCCC3)cc2)=C2C(=O)Nc3cc(Cl)ccc32)cc1[N+](=O)[O-]. The molecule has 0 aromatic heterocycles. The molecule has 0 bridgehead atoms. The van der Waals surface area contributed by atoms with Crippen molar-refractivity contribution >= 4 is 51.5 Å². The van der Waals surface area contributed by atoms with Gasteiger partial charge in [0.2, 0.25) is 0 Å². The summed E-state index contributed by atoms with van der Waals surface area (Å²) in [6.45, 7) is 3.13.